The quantitative estimate of drug-likeness (QED) is 0.305. The standard InChI is InChI=1S/C32H36N2O4SSi/c1-23-21-34(31(36)33-29(23)35)30-28(39-25-14-8-5-9-15-25)20-24(38-30)22-37-40(32(2,3)4,26-16-10-6-11-17-26)27-18-12-7-13-19-27/h5-19,21,24,28,30H,20,22H2,1-4H3,(H,33,35,36)/t24-,28-,30+/m0/s1. The molecule has 0 radical (unpaired) electrons. The topological polar surface area (TPSA) is 73.3 Å². The summed E-state index contributed by atoms with van der Waals surface area (Å²) in [6.07, 6.45) is 1.54. The molecule has 0 aliphatic carbocycles. The lowest BCUT2D eigenvalue weighted by atomic mass is 10.2. The summed E-state index contributed by atoms with van der Waals surface area (Å²) in [5, 5.41) is 2.23. The van der Waals surface area contributed by atoms with E-state index in [1.807, 2.05) is 30.3 Å². The molecule has 8 heteroatoms. The molecule has 6 nitrogen and oxygen atoms in total. The number of hydrogen-bond donors (Lipinski definition) is 1. The summed E-state index contributed by atoms with van der Waals surface area (Å²) < 4.78 is 15.3. The predicted molar refractivity (Wildman–Crippen MR) is 164 cm³/mol. The molecule has 0 unspecified atom stereocenters. The van der Waals surface area contributed by atoms with Crippen LogP contribution in [-0.2, 0) is 9.16 Å². The Balaban J connectivity index is 1.49. The van der Waals surface area contributed by atoms with Crippen molar-refractivity contribution in [1.82, 2.24) is 9.55 Å². The fourth-order valence-corrected chi connectivity index (χ4v) is 11.5. The molecular formula is C32H36N2O4SSi. The lowest BCUT2D eigenvalue weighted by Gasteiger charge is -2.43. The summed E-state index contributed by atoms with van der Waals surface area (Å²) in [7, 11) is -2.74. The van der Waals surface area contributed by atoms with Crippen molar-refractivity contribution in [3.8, 4) is 0 Å². The largest absolute Gasteiger partial charge is 0.405 e. The van der Waals surface area contributed by atoms with Gasteiger partial charge in [-0.15, -0.1) is 11.8 Å². The summed E-state index contributed by atoms with van der Waals surface area (Å²) in [6, 6.07) is 31.2. The first-order valence-electron chi connectivity index (χ1n) is 13.6. The second-order valence-corrected chi connectivity index (χ2v) is 16.9. The molecule has 0 spiro atoms. The number of rotatable bonds is 8. The summed E-state index contributed by atoms with van der Waals surface area (Å²) in [5.74, 6) is 0. The molecule has 1 fully saturated rings. The van der Waals surface area contributed by atoms with Crippen LogP contribution in [0.3, 0.4) is 0 Å². The lowest BCUT2D eigenvalue weighted by molar-refractivity contribution is -0.0204. The molecule has 3 atom stereocenters. The van der Waals surface area contributed by atoms with Crippen LogP contribution >= 0.6 is 11.8 Å². The van der Waals surface area contributed by atoms with Gasteiger partial charge in [0.05, 0.1) is 18.0 Å². The maximum Gasteiger partial charge on any atom is 0.330 e. The molecule has 1 aromatic heterocycles. The van der Waals surface area contributed by atoms with Crippen LogP contribution in [0.25, 0.3) is 0 Å². The minimum atomic E-state index is -2.74. The van der Waals surface area contributed by atoms with Gasteiger partial charge in [0.15, 0.2) is 6.23 Å². The Bertz CT molecular complexity index is 1500. The number of nitrogens with one attached hydrogen (secondary N) is 1. The van der Waals surface area contributed by atoms with E-state index in [1.165, 1.54) is 14.9 Å². The van der Waals surface area contributed by atoms with Crippen LogP contribution in [-0.4, -0.2) is 35.8 Å². The average molecular weight is 573 g/mol. The molecule has 1 aliphatic heterocycles. The number of H-pyrrole nitrogens is 1. The molecule has 5 rings (SSSR count). The van der Waals surface area contributed by atoms with Gasteiger partial charge in [-0.25, -0.2) is 4.79 Å². The molecule has 2 heterocycles. The van der Waals surface area contributed by atoms with E-state index in [0.717, 1.165) is 4.90 Å². The highest BCUT2D eigenvalue weighted by Gasteiger charge is 2.51. The molecule has 0 saturated carbocycles. The number of hydrogen-bond acceptors (Lipinski definition) is 5. The van der Waals surface area contributed by atoms with Crippen molar-refractivity contribution in [3.05, 3.63) is 124 Å². The van der Waals surface area contributed by atoms with Gasteiger partial charge in [0.25, 0.3) is 13.9 Å². The molecule has 1 saturated heterocycles. The molecule has 1 N–H and O–H groups in total. The molecule has 208 valence electrons. The van der Waals surface area contributed by atoms with E-state index in [4.69, 9.17) is 9.16 Å². The molecular weight excluding hydrogens is 537 g/mol. The van der Waals surface area contributed by atoms with Crippen LogP contribution in [0, 0.1) is 6.92 Å². The third-order valence-corrected chi connectivity index (χ3v) is 13.8. The van der Waals surface area contributed by atoms with Crippen LogP contribution < -0.4 is 21.6 Å². The van der Waals surface area contributed by atoms with Crippen LogP contribution in [0.2, 0.25) is 5.04 Å². The normalized spacial score (nSPS) is 19.6. The molecule has 0 bridgehead atoms. The monoisotopic (exact) mass is 572 g/mol. The van der Waals surface area contributed by atoms with E-state index >= 15 is 0 Å². The van der Waals surface area contributed by atoms with E-state index in [9.17, 15) is 9.59 Å². The minimum Gasteiger partial charge on any atom is -0.405 e. The molecule has 3 aromatic carbocycles. The SMILES string of the molecule is Cc1cn([C@@H]2O[C@H](CO[Si](c3ccccc3)(c3ccccc3)C(C)(C)C)C[C@@H]2Sc2ccccc2)c(=O)[nH]c1=O. The fraction of sp³-hybridized carbons (Fsp3) is 0.312. The molecule has 0 amide bonds. The van der Waals surface area contributed by atoms with Crippen molar-refractivity contribution in [3.63, 3.8) is 0 Å². The van der Waals surface area contributed by atoms with Crippen LogP contribution in [0.15, 0.2) is 112 Å². The number of nitrogens with zero attached hydrogens (tertiary/aromatic N) is 1. The zero-order chi connectivity index (χ0) is 28.3. The number of thioether (sulfide) groups is 1. The maximum absolute atomic E-state index is 12.9. The van der Waals surface area contributed by atoms with Gasteiger partial charge in [-0.2, -0.15) is 0 Å². The lowest BCUT2D eigenvalue weighted by Crippen LogP contribution is -2.67. The van der Waals surface area contributed by atoms with E-state index in [-0.39, 0.29) is 22.0 Å². The Hall–Kier alpha value is -3.17. The minimum absolute atomic E-state index is 0.0434. The number of aryl methyl sites for hydroxylation is 1. The first-order valence-corrected chi connectivity index (χ1v) is 16.4. The van der Waals surface area contributed by atoms with Crippen LogP contribution in [0.1, 0.15) is 39.0 Å². The van der Waals surface area contributed by atoms with Gasteiger partial charge in [-0.1, -0.05) is 99.6 Å². The summed E-state index contributed by atoms with van der Waals surface area (Å²) in [6.45, 7) is 8.87. The molecule has 40 heavy (non-hydrogen) atoms. The van der Waals surface area contributed by atoms with Crippen molar-refractivity contribution in [2.24, 2.45) is 0 Å². The van der Waals surface area contributed by atoms with Crippen LogP contribution in [0.4, 0.5) is 0 Å². The van der Waals surface area contributed by atoms with E-state index < -0.39 is 20.2 Å². The average Bonchev–Trinajstić information content (AvgIpc) is 3.34. The second kappa shape index (κ2) is 11.7. The molecule has 1 aliphatic rings. The van der Waals surface area contributed by atoms with Gasteiger partial charge in [-0.05, 0) is 40.9 Å². The zero-order valence-electron chi connectivity index (χ0n) is 23.4. The number of aromatic amines is 1. The van der Waals surface area contributed by atoms with Gasteiger partial charge in [0, 0.05) is 16.7 Å². The van der Waals surface area contributed by atoms with Gasteiger partial charge in [-0.3, -0.25) is 14.3 Å². The first kappa shape index (κ1) is 28.4. The maximum atomic E-state index is 12.9. The Kier molecular flexibility index (Phi) is 8.33. The highest BCUT2D eigenvalue weighted by molar-refractivity contribution is 8.00. The highest BCUT2D eigenvalue weighted by Crippen LogP contribution is 2.42. The number of aromatic nitrogens is 2. The van der Waals surface area contributed by atoms with Crippen molar-refractivity contribution in [2.45, 2.75) is 61.6 Å². The second-order valence-electron chi connectivity index (χ2n) is 11.3. The predicted octanol–water partition coefficient (Wildman–Crippen LogP) is 4.87. The summed E-state index contributed by atoms with van der Waals surface area (Å²) in [5.41, 5.74) is -0.371. The van der Waals surface area contributed by atoms with Gasteiger partial charge >= 0.3 is 5.69 Å². The third kappa shape index (κ3) is 5.67. The van der Waals surface area contributed by atoms with E-state index in [1.54, 1.807) is 24.9 Å². The smallest absolute Gasteiger partial charge is 0.330 e. The van der Waals surface area contributed by atoms with Gasteiger partial charge in [0.2, 0.25) is 0 Å². The zero-order valence-corrected chi connectivity index (χ0v) is 25.2. The Morgan fingerprint density at radius 3 is 2.02 bits per heavy atom. The number of benzene rings is 3. The number of ether oxygens (including phenoxy) is 1. The summed E-state index contributed by atoms with van der Waals surface area (Å²) in [4.78, 5) is 28.5. The Morgan fingerprint density at radius 1 is 0.925 bits per heavy atom. The highest BCUT2D eigenvalue weighted by atomic mass is 32.2. The molecule has 4 aromatic rings. The van der Waals surface area contributed by atoms with Crippen molar-refractivity contribution >= 4 is 30.5 Å². The summed E-state index contributed by atoms with van der Waals surface area (Å²) >= 11 is 1.69. The fourth-order valence-electron chi connectivity index (χ4n) is 5.60. The van der Waals surface area contributed by atoms with E-state index in [2.05, 4.69) is 86.4 Å². The Morgan fingerprint density at radius 2 is 1.48 bits per heavy atom. The van der Waals surface area contributed by atoms with Crippen LogP contribution in [0.5, 0.6) is 0 Å². The Labute approximate surface area is 240 Å². The van der Waals surface area contributed by atoms with Gasteiger partial charge in [0.1, 0.15) is 0 Å². The van der Waals surface area contributed by atoms with Crippen molar-refractivity contribution < 1.29 is 9.16 Å². The van der Waals surface area contributed by atoms with Crippen molar-refractivity contribution in [1.29, 1.82) is 0 Å². The first-order chi connectivity index (χ1) is 19.2. The third-order valence-electron chi connectivity index (χ3n) is 7.50. The van der Waals surface area contributed by atoms with Gasteiger partial charge < -0.3 is 9.16 Å². The van der Waals surface area contributed by atoms with E-state index in [0.29, 0.717) is 18.6 Å². The van der Waals surface area contributed by atoms with Crippen molar-refractivity contribution in [2.75, 3.05) is 6.61 Å².